The van der Waals surface area contributed by atoms with Crippen LogP contribution in [0.2, 0.25) is 0 Å². The van der Waals surface area contributed by atoms with Gasteiger partial charge in [0.2, 0.25) is 10.0 Å². The van der Waals surface area contributed by atoms with Crippen molar-refractivity contribution in [2.45, 2.75) is 31.1 Å². The third-order valence-electron chi connectivity index (χ3n) is 5.01. The molecule has 1 heterocycles. The second-order valence-corrected chi connectivity index (χ2v) is 9.75. The van der Waals surface area contributed by atoms with Crippen molar-refractivity contribution in [3.05, 3.63) is 54.1 Å². The molecule has 0 aliphatic carbocycles. The van der Waals surface area contributed by atoms with Crippen molar-refractivity contribution in [3.8, 4) is 5.75 Å². The summed E-state index contributed by atoms with van der Waals surface area (Å²) < 4.78 is 33.6. The molecule has 0 aromatic heterocycles. The first-order chi connectivity index (χ1) is 12.7. The highest BCUT2D eigenvalue weighted by molar-refractivity contribution is 7.89. The number of nitrogens with zero attached hydrogens (tertiary/aromatic N) is 2. The fourth-order valence-corrected chi connectivity index (χ4v) is 4.91. The summed E-state index contributed by atoms with van der Waals surface area (Å²) in [6.07, 6.45) is 0. The van der Waals surface area contributed by atoms with Crippen LogP contribution in [0.5, 0.6) is 5.75 Å². The summed E-state index contributed by atoms with van der Waals surface area (Å²) >= 11 is 0. The number of benzene rings is 2. The van der Waals surface area contributed by atoms with Gasteiger partial charge in [0.1, 0.15) is 10.6 Å². The van der Waals surface area contributed by atoms with Crippen LogP contribution in [-0.4, -0.2) is 46.0 Å². The van der Waals surface area contributed by atoms with E-state index in [1.54, 1.807) is 16.4 Å². The van der Waals surface area contributed by atoms with Gasteiger partial charge in [0, 0.05) is 31.9 Å². The topological polar surface area (TPSA) is 49.9 Å². The summed E-state index contributed by atoms with van der Waals surface area (Å²) in [5, 5.41) is 0. The van der Waals surface area contributed by atoms with E-state index in [4.69, 9.17) is 4.74 Å². The lowest BCUT2D eigenvalue weighted by Gasteiger charge is -2.35. The molecule has 0 N–H and O–H groups in total. The van der Waals surface area contributed by atoms with Crippen molar-refractivity contribution >= 4 is 15.7 Å². The largest absolute Gasteiger partial charge is 0.495 e. The van der Waals surface area contributed by atoms with E-state index >= 15 is 0 Å². The van der Waals surface area contributed by atoms with E-state index in [0.29, 0.717) is 31.9 Å². The van der Waals surface area contributed by atoms with Crippen molar-refractivity contribution < 1.29 is 13.2 Å². The van der Waals surface area contributed by atoms with Crippen LogP contribution in [0.4, 0.5) is 5.69 Å². The van der Waals surface area contributed by atoms with Crippen LogP contribution in [0, 0.1) is 0 Å². The molecule has 27 heavy (non-hydrogen) atoms. The summed E-state index contributed by atoms with van der Waals surface area (Å²) in [5.41, 5.74) is 1.97. The van der Waals surface area contributed by atoms with Crippen molar-refractivity contribution in [2.75, 3.05) is 38.2 Å². The molecule has 1 saturated heterocycles. The molecule has 1 aliphatic rings. The number of rotatable bonds is 4. The lowest BCUT2D eigenvalue weighted by molar-refractivity contribution is 0.374. The van der Waals surface area contributed by atoms with Crippen LogP contribution in [0.15, 0.2) is 53.4 Å². The SMILES string of the molecule is COc1ccc(C(C)(C)C)cc1S(=O)(=O)N1CCN(c2ccccc2)CC1. The second-order valence-electron chi connectivity index (χ2n) is 7.84. The molecule has 0 amide bonds. The highest BCUT2D eigenvalue weighted by atomic mass is 32.2. The van der Waals surface area contributed by atoms with Gasteiger partial charge >= 0.3 is 0 Å². The van der Waals surface area contributed by atoms with Gasteiger partial charge in [0.25, 0.3) is 0 Å². The van der Waals surface area contributed by atoms with Crippen LogP contribution in [-0.2, 0) is 15.4 Å². The average Bonchev–Trinajstić information content (AvgIpc) is 2.67. The van der Waals surface area contributed by atoms with Crippen molar-refractivity contribution in [1.82, 2.24) is 4.31 Å². The van der Waals surface area contributed by atoms with Crippen LogP contribution < -0.4 is 9.64 Å². The lowest BCUT2D eigenvalue weighted by atomic mass is 9.87. The minimum Gasteiger partial charge on any atom is -0.495 e. The van der Waals surface area contributed by atoms with Crippen molar-refractivity contribution in [2.24, 2.45) is 0 Å². The molecular weight excluding hydrogens is 360 g/mol. The van der Waals surface area contributed by atoms with Gasteiger partial charge in [0.15, 0.2) is 0 Å². The zero-order valence-corrected chi connectivity index (χ0v) is 17.3. The maximum absolute atomic E-state index is 13.3. The van der Waals surface area contributed by atoms with E-state index in [9.17, 15) is 8.42 Å². The Kier molecular flexibility index (Phi) is 5.49. The Morgan fingerprint density at radius 3 is 2.11 bits per heavy atom. The normalized spacial score (nSPS) is 16.4. The second kappa shape index (κ2) is 7.52. The van der Waals surface area contributed by atoms with Gasteiger partial charge in [-0.3, -0.25) is 0 Å². The minimum atomic E-state index is -3.61. The smallest absolute Gasteiger partial charge is 0.246 e. The minimum absolute atomic E-state index is 0.136. The molecule has 0 saturated carbocycles. The van der Waals surface area contributed by atoms with Crippen molar-refractivity contribution in [1.29, 1.82) is 0 Å². The summed E-state index contributed by atoms with van der Waals surface area (Å²) in [6.45, 7) is 8.48. The van der Waals surface area contributed by atoms with Gasteiger partial charge in [-0.15, -0.1) is 0 Å². The van der Waals surface area contributed by atoms with E-state index in [-0.39, 0.29) is 10.3 Å². The van der Waals surface area contributed by atoms with E-state index in [1.807, 2.05) is 24.3 Å². The maximum Gasteiger partial charge on any atom is 0.246 e. The van der Waals surface area contributed by atoms with Crippen LogP contribution in [0.25, 0.3) is 0 Å². The average molecular weight is 389 g/mol. The Balaban J connectivity index is 1.85. The fourth-order valence-electron chi connectivity index (χ4n) is 3.31. The Morgan fingerprint density at radius 2 is 1.56 bits per heavy atom. The van der Waals surface area contributed by atoms with E-state index in [0.717, 1.165) is 11.3 Å². The van der Waals surface area contributed by atoms with Gasteiger partial charge in [-0.1, -0.05) is 45.0 Å². The molecule has 1 fully saturated rings. The van der Waals surface area contributed by atoms with Gasteiger partial charge in [-0.2, -0.15) is 4.31 Å². The molecule has 5 nitrogen and oxygen atoms in total. The first-order valence-corrected chi connectivity index (χ1v) is 10.7. The summed E-state index contributed by atoms with van der Waals surface area (Å²) in [4.78, 5) is 2.47. The molecule has 0 spiro atoms. The molecule has 2 aromatic carbocycles. The number of piperazine rings is 1. The van der Waals surface area contributed by atoms with Gasteiger partial charge in [0.05, 0.1) is 7.11 Å². The highest BCUT2D eigenvalue weighted by Crippen LogP contribution is 2.33. The third kappa shape index (κ3) is 4.12. The molecule has 2 aromatic rings. The molecule has 0 radical (unpaired) electrons. The number of hydrogen-bond acceptors (Lipinski definition) is 4. The number of sulfonamides is 1. The molecule has 0 atom stereocenters. The van der Waals surface area contributed by atoms with E-state index in [2.05, 4.69) is 37.8 Å². The number of ether oxygens (including phenoxy) is 1. The third-order valence-corrected chi connectivity index (χ3v) is 6.93. The first kappa shape index (κ1) is 19.7. The van der Waals surface area contributed by atoms with Gasteiger partial charge in [-0.05, 0) is 35.2 Å². The standard InChI is InChI=1S/C21H28N2O3S/c1-21(2,3)17-10-11-19(26-4)20(16-17)27(24,25)23-14-12-22(13-15-23)18-8-6-5-7-9-18/h5-11,16H,12-15H2,1-4H3. The predicted molar refractivity (Wildman–Crippen MR) is 109 cm³/mol. The predicted octanol–water partition coefficient (Wildman–Crippen LogP) is 3.50. The van der Waals surface area contributed by atoms with E-state index < -0.39 is 10.0 Å². The Morgan fingerprint density at radius 1 is 0.926 bits per heavy atom. The molecule has 1 aliphatic heterocycles. The Bertz CT molecular complexity index is 881. The maximum atomic E-state index is 13.3. The van der Waals surface area contributed by atoms with Crippen LogP contribution in [0.1, 0.15) is 26.3 Å². The van der Waals surface area contributed by atoms with Gasteiger partial charge in [-0.25, -0.2) is 8.42 Å². The number of hydrogen-bond donors (Lipinski definition) is 0. The molecule has 0 unspecified atom stereocenters. The summed E-state index contributed by atoms with van der Waals surface area (Å²) in [5.74, 6) is 0.397. The zero-order valence-electron chi connectivity index (χ0n) is 16.5. The Hall–Kier alpha value is -2.05. The number of para-hydroxylation sites is 1. The monoisotopic (exact) mass is 388 g/mol. The van der Waals surface area contributed by atoms with Crippen LogP contribution >= 0.6 is 0 Å². The number of methoxy groups -OCH3 is 1. The highest BCUT2D eigenvalue weighted by Gasteiger charge is 2.32. The zero-order chi connectivity index (χ0) is 19.7. The molecule has 146 valence electrons. The molecular formula is C21H28N2O3S. The molecule has 6 heteroatoms. The molecule has 0 bridgehead atoms. The van der Waals surface area contributed by atoms with Crippen LogP contribution in [0.3, 0.4) is 0 Å². The van der Waals surface area contributed by atoms with Gasteiger partial charge < -0.3 is 9.64 Å². The summed E-state index contributed by atoms with van der Waals surface area (Å²) in [7, 11) is -2.10. The van der Waals surface area contributed by atoms with E-state index in [1.165, 1.54) is 7.11 Å². The Labute approximate surface area is 162 Å². The molecule has 3 rings (SSSR count). The number of anilines is 1. The summed E-state index contributed by atoms with van der Waals surface area (Å²) in [6, 6.07) is 15.6. The van der Waals surface area contributed by atoms with Crippen molar-refractivity contribution in [3.63, 3.8) is 0 Å². The first-order valence-electron chi connectivity index (χ1n) is 9.22. The lowest BCUT2D eigenvalue weighted by Crippen LogP contribution is -2.48. The fraction of sp³-hybridized carbons (Fsp3) is 0.429. The quantitative estimate of drug-likeness (QED) is 0.804.